The lowest BCUT2D eigenvalue weighted by Crippen LogP contribution is -2.09. The van der Waals surface area contributed by atoms with Crippen LogP contribution in [0.4, 0.5) is 0 Å². The molecule has 0 fully saturated rings. The van der Waals surface area contributed by atoms with E-state index in [-0.39, 0.29) is 16.7 Å². The Hall–Kier alpha value is -2.33. The Morgan fingerprint density at radius 1 is 1.05 bits per heavy atom. The number of carboxylic acids is 2. The van der Waals surface area contributed by atoms with Crippen LogP contribution in [0.5, 0.6) is 0 Å². The number of carbonyl (C=O) groups is 2. The molecule has 0 bridgehead atoms. The molecule has 0 aromatic heterocycles. The van der Waals surface area contributed by atoms with E-state index in [1.165, 1.54) is 19.1 Å². The maximum Gasteiger partial charge on any atom is 0.336 e. The predicted octanol–water partition coefficient (Wildman–Crippen LogP) is 3.71. The molecule has 0 unspecified atom stereocenters. The summed E-state index contributed by atoms with van der Waals surface area (Å²) >= 11 is 5.91. The second-order valence-electron chi connectivity index (χ2n) is 4.28. The Morgan fingerprint density at radius 2 is 1.75 bits per heavy atom. The van der Waals surface area contributed by atoms with Crippen LogP contribution in [0, 0.1) is 6.92 Å². The van der Waals surface area contributed by atoms with Gasteiger partial charge in [-0.2, -0.15) is 0 Å². The van der Waals surface area contributed by atoms with E-state index >= 15 is 0 Å². The summed E-state index contributed by atoms with van der Waals surface area (Å²) in [5, 5.41) is 18.9. The van der Waals surface area contributed by atoms with Gasteiger partial charge in [0.1, 0.15) is 0 Å². The molecule has 20 heavy (non-hydrogen) atoms. The molecule has 5 heteroatoms. The summed E-state index contributed by atoms with van der Waals surface area (Å²) in [6.07, 6.45) is 0. The van der Waals surface area contributed by atoms with Crippen molar-refractivity contribution in [2.24, 2.45) is 0 Å². The SMILES string of the molecule is Cc1c(C(=O)O)ccc(-c2cccc(Cl)c2)c1C(=O)O. The highest BCUT2D eigenvalue weighted by Crippen LogP contribution is 2.30. The molecule has 2 aromatic carbocycles. The van der Waals surface area contributed by atoms with Crippen LogP contribution in [0.25, 0.3) is 11.1 Å². The predicted molar refractivity (Wildman–Crippen MR) is 75.5 cm³/mol. The molecule has 0 aliphatic rings. The van der Waals surface area contributed by atoms with Crippen molar-refractivity contribution < 1.29 is 19.8 Å². The van der Waals surface area contributed by atoms with Crippen molar-refractivity contribution in [1.29, 1.82) is 0 Å². The topological polar surface area (TPSA) is 74.6 Å². The molecule has 2 N–H and O–H groups in total. The van der Waals surface area contributed by atoms with E-state index in [1.807, 2.05) is 0 Å². The van der Waals surface area contributed by atoms with Crippen LogP contribution in [0.2, 0.25) is 5.02 Å². The van der Waals surface area contributed by atoms with Gasteiger partial charge in [-0.1, -0.05) is 29.8 Å². The maximum absolute atomic E-state index is 11.4. The molecule has 0 spiro atoms. The number of aromatic carboxylic acids is 2. The van der Waals surface area contributed by atoms with E-state index in [4.69, 9.17) is 16.7 Å². The van der Waals surface area contributed by atoms with Crippen LogP contribution in [-0.2, 0) is 0 Å². The van der Waals surface area contributed by atoms with Gasteiger partial charge in [0.25, 0.3) is 0 Å². The van der Waals surface area contributed by atoms with Gasteiger partial charge in [-0.3, -0.25) is 0 Å². The normalized spacial score (nSPS) is 10.3. The molecule has 0 radical (unpaired) electrons. The van der Waals surface area contributed by atoms with Gasteiger partial charge in [0.2, 0.25) is 0 Å². The molecule has 0 saturated heterocycles. The van der Waals surface area contributed by atoms with Crippen molar-refractivity contribution in [3.05, 3.63) is 58.1 Å². The molecule has 2 rings (SSSR count). The lowest BCUT2D eigenvalue weighted by atomic mass is 9.92. The molecule has 2 aromatic rings. The zero-order valence-electron chi connectivity index (χ0n) is 10.6. The van der Waals surface area contributed by atoms with E-state index in [0.717, 1.165) is 0 Å². The third-order valence-corrected chi connectivity index (χ3v) is 3.28. The number of rotatable bonds is 3. The lowest BCUT2D eigenvalue weighted by Gasteiger charge is -2.12. The molecule has 0 aliphatic carbocycles. The van der Waals surface area contributed by atoms with Gasteiger partial charge in [-0.05, 0) is 41.8 Å². The highest BCUT2D eigenvalue weighted by Gasteiger charge is 2.20. The van der Waals surface area contributed by atoms with E-state index in [9.17, 15) is 14.7 Å². The van der Waals surface area contributed by atoms with E-state index in [2.05, 4.69) is 0 Å². The molecule has 0 atom stereocenters. The van der Waals surface area contributed by atoms with Gasteiger partial charge < -0.3 is 10.2 Å². The summed E-state index contributed by atoms with van der Waals surface area (Å²) in [5.74, 6) is -2.32. The number of hydrogen-bond acceptors (Lipinski definition) is 2. The van der Waals surface area contributed by atoms with Crippen molar-refractivity contribution in [2.45, 2.75) is 6.92 Å². The van der Waals surface area contributed by atoms with Crippen molar-refractivity contribution in [3.8, 4) is 11.1 Å². The summed E-state index contributed by atoms with van der Waals surface area (Å²) in [4.78, 5) is 22.5. The maximum atomic E-state index is 11.4. The Kier molecular flexibility index (Phi) is 3.77. The molecule has 102 valence electrons. The first-order chi connectivity index (χ1) is 9.41. The first-order valence-electron chi connectivity index (χ1n) is 5.78. The summed E-state index contributed by atoms with van der Waals surface area (Å²) in [6, 6.07) is 9.66. The number of benzene rings is 2. The Morgan fingerprint density at radius 3 is 2.30 bits per heavy atom. The van der Waals surface area contributed by atoms with Crippen LogP contribution in [-0.4, -0.2) is 22.2 Å². The minimum atomic E-state index is -1.17. The fourth-order valence-corrected chi connectivity index (χ4v) is 2.31. The first kappa shape index (κ1) is 14.1. The van der Waals surface area contributed by atoms with E-state index < -0.39 is 11.9 Å². The van der Waals surface area contributed by atoms with Gasteiger partial charge >= 0.3 is 11.9 Å². The van der Waals surface area contributed by atoms with Gasteiger partial charge in [0.05, 0.1) is 11.1 Å². The Balaban J connectivity index is 2.74. The largest absolute Gasteiger partial charge is 0.478 e. The van der Waals surface area contributed by atoms with Crippen LogP contribution < -0.4 is 0 Å². The van der Waals surface area contributed by atoms with Crippen molar-refractivity contribution >= 4 is 23.5 Å². The van der Waals surface area contributed by atoms with Gasteiger partial charge in [0, 0.05) is 5.02 Å². The fourth-order valence-electron chi connectivity index (χ4n) is 2.12. The van der Waals surface area contributed by atoms with Gasteiger partial charge in [-0.25, -0.2) is 9.59 Å². The molecule has 4 nitrogen and oxygen atoms in total. The van der Waals surface area contributed by atoms with Crippen LogP contribution in [0.15, 0.2) is 36.4 Å². The van der Waals surface area contributed by atoms with Crippen molar-refractivity contribution in [1.82, 2.24) is 0 Å². The second-order valence-corrected chi connectivity index (χ2v) is 4.72. The third-order valence-electron chi connectivity index (χ3n) is 3.04. The minimum Gasteiger partial charge on any atom is -0.478 e. The standard InChI is InChI=1S/C15H11ClO4/c1-8-11(14(17)18)5-6-12(13(8)15(19)20)9-3-2-4-10(16)7-9/h2-7H,1H3,(H,17,18)(H,19,20). The van der Waals surface area contributed by atoms with E-state index in [0.29, 0.717) is 16.1 Å². The Labute approximate surface area is 120 Å². The molecule has 0 saturated carbocycles. The zero-order chi connectivity index (χ0) is 14.9. The number of hydrogen-bond donors (Lipinski definition) is 2. The first-order valence-corrected chi connectivity index (χ1v) is 6.15. The molecule has 0 amide bonds. The van der Waals surface area contributed by atoms with Crippen LogP contribution >= 0.6 is 11.6 Å². The van der Waals surface area contributed by atoms with Gasteiger partial charge in [-0.15, -0.1) is 0 Å². The average molecular weight is 291 g/mol. The number of carboxylic acid groups (broad SMARTS) is 2. The molecular weight excluding hydrogens is 280 g/mol. The fraction of sp³-hybridized carbons (Fsp3) is 0.0667. The quantitative estimate of drug-likeness (QED) is 0.903. The second kappa shape index (κ2) is 5.35. The van der Waals surface area contributed by atoms with E-state index in [1.54, 1.807) is 24.3 Å². The van der Waals surface area contributed by atoms with Gasteiger partial charge in [0.15, 0.2) is 0 Å². The highest BCUT2D eigenvalue weighted by molar-refractivity contribution is 6.30. The van der Waals surface area contributed by atoms with Crippen LogP contribution in [0.1, 0.15) is 26.3 Å². The van der Waals surface area contributed by atoms with Crippen molar-refractivity contribution in [2.75, 3.05) is 0 Å². The zero-order valence-corrected chi connectivity index (χ0v) is 11.3. The number of halogens is 1. The monoisotopic (exact) mass is 290 g/mol. The molecule has 0 heterocycles. The summed E-state index contributed by atoms with van der Waals surface area (Å²) in [6.45, 7) is 1.49. The summed E-state index contributed by atoms with van der Waals surface area (Å²) < 4.78 is 0. The molecular formula is C15H11ClO4. The smallest absolute Gasteiger partial charge is 0.336 e. The Bertz CT molecular complexity index is 707. The highest BCUT2D eigenvalue weighted by atomic mass is 35.5. The minimum absolute atomic E-state index is 0.0202. The average Bonchev–Trinajstić information content (AvgIpc) is 2.37. The summed E-state index contributed by atoms with van der Waals surface area (Å²) in [5.41, 5.74) is 1.26. The van der Waals surface area contributed by atoms with Crippen LogP contribution in [0.3, 0.4) is 0 Å². The third kappa shape index (κ3) is 2.51. The lowest BCUT2D eigenvalue weighted by molar-refractivity contribution is 0.0696. The summed E-state index contributed by atoms with van der Waals surface area (Å²) in [7, 11) is 0. The molecule has 0 aliphatic heterocycles. The van der Waals surface area contributed by atoms with Crippen molar-refractivity contribution in [3.63, 3.8) is 0 Å².